The summed E-state index contributed by atoms with van der Waals surface area (Å²) in [5.41, 5.74) is 4.65. The maximum Gasteiger partial charge on any atom is 0.298 e. The van der Waals surface area contributed by atoms with E-state index in [1.807, 2.05) is 19.1 Å². The summed E-state index contributed by atoms with van der Waals surface area (Å²) in [5, 5.41) is 7.29. The average molecular weight is 524 g/mol. The summed E-state index contributed by atoms with van der Waals surface area (Å²) < 4.78 is 5.15. The molecule has 1 atom stereocenters. The van der Waals surface area contributed by atoms with Crippen molar-refractivity contribution in [3.63, 3.8) is 0 Å². The highest BCUT2D eigenvalue weighted by Crippen LogP contribution is 2.61. The highest BCUT2D eigenvalue weighted by atomic mass is 32.1. The Morgan fingerprint density at radius 2 is 1.58 bits per heavy atom. The number of aromatic nitrogens is 1. The predicted octanol–water partition coefficient (Wildman–Crippen LogP) is 5.60. The zero-order valence-electron chi connectivity index (χ0n) is 20.9. The van der Waals surface area contributed by atoms with E-state index in [4.69, 9.17) is 4.74 Å². The molecule has 0 aliphatic heterocycles. The Bertz CT molecular complexity index is 1550. The average Bonchev–Trinajstić information content (AvgIpc) is 3.41. The van der Waals surface area contributed by atoms with Crippen molar-refractivity contribution in [3.05, 3.63) is 106 Å². The van der Waals surface area contributed by atoms with Gasteiger partial charge in [-0.3, -0.25) is 14.4 Å². The van der Waals surface area contributed by atoms with Crippen molar-refractivity contribution < 1.29 is 19.1 Å². The van der Waals surface area contributed by atoms with Crippen LogP contribution in [-0.2, 0) is 9.59 Å². The quantitative estimate of drug-likeness (QED) is 0.253. The first-order valence-electron chi connectivity index (χ1n) is 12.3. The van der Waals surface area contributed by atoms with E-state index >= 15 is 0 Å². The number of nitrogens with zero attached hydrogens (tertiary/aromatic N) is 1. The molecule has 2 amide bonds. The number of fused-ring (bicyclic) bond motifs is 1. The molecule has 0 saturated heterocycles. The van der Waals surface area contributed by atoms with Gasteiger partial charge in [-0.1, -0.05) is 54.6 Å². The standard InChI is InChI=1S/C30H25N3O4S/c1-30(15-23-19-10-3-5-12-21(19)25(30)22-13-6-4-11-20(22)23)28(36)33-29-32-24(16-38-29)26(34)27(35)31-17-8-7-9-18(14-17)37-2/h3-14,16,23,25H,15H2,1-2H3,(H,31,35)(H,32,33,36). The van der Waals surface area contributed by atoms with Gasteiger partial charge in [-0.05, 0) is 47.7 Å². The molecule has 2 bridgehead atoms. The van der Waals surface area contributed by atoms with Crippen LogP contribution < -0.4 is 15.4 Å². The molecule has 190 valence electrons. The Hall–Kier alpha value is -4.30. The van der Waals surface area contributed by atoms with Crippen molar-refractivity contribution in [3.8, 4) is 5.75 Å². The number of ketones is 1. The Labute approximate surface area is 223 Å². The molecule has 8 heteroatoms. The number of hydrogen-bond donors (Lipinski definition) is 2. The molecule has 3 aliphatic rings. The number of hydrogen-bond acceptors (Lipinski definition) is 6. The molecular formula is C30H25N3O4S. The third-order valence-corrected chi connectivity index (χ3v) is 8.40. The first kappa shape index (κ1) is 24.1. The number of methoxy groups -OCH3 is 1. The zero-order valence-corrected chi connectivity index (χ0v) is 21.7. The summed E-state index contributed by atoms with van der Waals surface area (Å²) >= 11 is 1.13. The second kappa shape index (κ2) is 9.22. The van der Waals surface area contributed by atoms with Crippen LogP contribution in [0.3, 0.4) is 0 Å². The van der Waals surface area contributed by atoms with Crippen LogP contribution in [0.4, 0.5) is 10.8 Å². The SMILES string of the molecule is COc1cccc(NC(=O)C(=O)c2csc(NC(=O)C3(C)CC4c5ccccc5C3c3ccccc34)n2)c1. The summed E-state index contributed by atoms with van der Waals surface area (Å²) in [4.78, 5) is 43.3. The number of thiazole rings is 1. The van der Waals surface area contributed by atoms with E-state index in [1.165, 1.54) is 34.7 Å². The van der Waals surface area contributed by atoms with Crippen molar-refractivity contribution in [1.82, 2.24) is 4.98 Å². The van der Waals surface area contributed by atoms with Crippen molar-refractivity contribution in [2.45, 2.75) is 25.2 Å². The molecule has 38 heavy (non-hydrogen) atoms. The largest absolute Gasteiger partial charge is 0.497 e. The number of carbonyl (C=O) groups is 3. The second-order valence-electron chi connectivity index (χ2n) is 9.87. The molecule has 0 fully saturated rings. The van der Waals surface area contributed by atoms with Crippen LogP contribution in [0, 0.1) is 5.41 Å². The van der Waals surface area contributed by atoms with Crippen molar-refractivity contribution in [1.29, 1.82) is 0 Å². The molecule has 1 heterocycles. The van der Waals surface area contributed by atoms with Crippen molar-refractivity contribution in [2.24, 2.45) is 5.41 Å². The van der Waals surface area contributed by atoms with E-state index < -0.39 is 17.1 Å². The third-order valence-electron chi connectivity index (χ3n) is 7.64. The molecule has 3 aromatic carbocycles. The van der Waals surface area contributed by atoms with E-state index in [9.17, 15) is 14.4 Å². The van der Waals surface area contributed by atoms with E-state index in [2.05, 4.69) is 52.0 Å². The van der Waals surface area contributed by atoms with Crippen LogP contribution >= 0.6 is 11.3 Å². The topological polar surface area (TPSA) is 97.4 Å². The number of nitrogens with one attached hydrogen (secondary N) is 2. The van der Waals surface area contributed by atoms with E-state index in [0.29, 0.717) is 17.9 Å². The summed E-state index contributed by atoms with van der Waals surface area (Å²) in [5.74, 6) is -1.14. The first-order valence-corrected chi connectivity index (χ1v) is 13.2. The lowest BCUT2D eigenvalue weighted by Gasteiger charge is -2.50. The Morgan fingerprint density at radius 3 is 2.24 bits per heavy atom. The second-order valence-corrected chi connectivity index (χ2v) is 10.7. The van der Waals surface area contributed by atoms with Gasteiger partial charge in [-0.25, -0.2) is 4.98 Å². The smallest absolute Gasteiger partial charge is 0.298 e. The summed E-state index contributed by atoms with van der Waals surface area (Å²) in [6.45, 7) is 2.01. The van der Waals surface area contributed by atoms with Crippen molar-refractivity contribution >= 4 is 39.8 Å². The first-order chi connectivity index (χ1) is 18.4. The molecule has 7 nitrogen and oxygen atoms in total. The molecule has 7 rings (SSSR count). The lowest BCUT2D eigenvalue weighted by molar-refractivity contribution is -0.126. The zero-order chi connectivity index (χ0) is 26.4. The molecule has 4 aromatic rings. The molecule has 1 unspecified atom stereocenters. The molecule has 0 spiro atoms. The number of ether oxygens (including phenoxy) is 1. The molecule has 0 radical (unpaired) electrons. The molecule has 3 aliphatic carbocycles. The van der Waals surface area contributed by atoms with E-state index in [1.54, 1.807) is 24.3 Å². The van der Waals surface area contributed by atoms with Gasteiger partial charge >= 0.3 is 0 Å². The van der Waals surface area contributed by atoms with Gasteiger partial charge in [-0.2, -0.15) is 0 Å². The van der Waals surface area contributed by atoms with Crippen LogP contribution in [0.1, 0.15) is 57.9 Å². The van der Waals surface area contributed by atoms with Crippen LogP contribution in [0.25, 0.3) is 0 Å². The van der Waals surface area contributed by atoms with E-state index in [0.717, 1.165) is 11.3 Å². The minimum atomic E-state index is -0.814. The summed E-state index contributed by atoms with van der Waals surface area (Å²) in [7, 11) is 1.52. The fourth-order valence-corrected chi connectivity index (χ4v) is 6.56. The third kappa shape index (κ3) is 3.88. The van der Waals surface area contributed by atoms with Crippen LogP contribution in [0.15, 0.2) is 78.2 Å². The summed E-state index contributed by atoms with van der Waals surface area (Å²) in [6, 6.07) is 23.5. The number of carbonyl (C=O) groups excluding carboxylic acids is 3. The lowest BCUT2D eigenvalue weighted by atomic mass is 9.52. The highest BCUT2D eigenvalue weighted by Gasteiger charge is 2.54. The van der Waals surface area contributed by atoms with Gasteiger partial charge in [0.15, 0.2) is 5.13 Å². The minimum Gasteiger partial charge on any atom is -0.497 e. The van der Waals surface area contributed by atoms with Gasteiger partial charge in [0, 0.05) is 29.0 Å². The monoisotopic (exact) mass is 523 g/mol. The maximum absolute atomic E-state index is 13.8. The van der Waals surface area contributed by atoms with Crippen LogP contribution in [0.2, 0.25) is 0 Å². The molecule has 0 saturated carbocycles. The van der Waals surface area contributed by atoms with Gasteiger partial charge in [0.2, 0.25) is 5.91 Å². The Balaban J connectivity index is 1.22. The number of amides is 2. The minimum absolute atomic E-state index is 0.0169. The maximum atomic E-state index is 13.8. The number of benzene rings is 3. The van der Waals surface area contributed by atoms with Gasteiger partial charge in [0.05, 0.1) is 12.5 Å². The van der Waals surface area contributed by atoms with Crippen LogP contribution in [-0.4, -0.2) is 29.7 Å². The van der Waals surface area contributed by atoms with Crippen LogP contribution in [0.5, 0.6) is 5.75 Å². The normalized spacial score (nSPS) is 20.7. The van der Waals surface area contributed by atoms with Gasteiger partial charge in [0.1, 0.15) is 11.4 Å². The highest BCUT2D eigenvalue weighted by molar-refractivity contribution is 7.14. The fourth-order valence-electron chi connectivity index (χ4n) is 5.87. The fraction of sp³-hybridized carbons (Fsp3) is 0.200. The van der Waals surface area contributed by atoms with E-state index in [-0.39, 0.29) is 28.6 Å². The molecular weight excluding hydrogens is 498 g/mol. The lowest BCUT2D eigenvalue weighted by Crippen LogP contribution is -2.47. The van der Waals surface area contributed by atoms with Crippen molar-refractivity contribution in [2.75, 3.05) is 17.7 Å². The molecule has 2 N–H and O–H groups in total. The number of rotatable bonds is 6. The van der Waals surface area contributed by atoms with Gasteiger partial charge in [0.25, 0.3) is 11.7 Å². The number of Topliss-reactive ketones (excluding diaryl/α,β-unsaturated/α-hetero) is 1. The van der Waals surface area contributed by atoms with Gasteiger partial charge < -0.3 is 15.4 Å². The molecule has 1 aromatic heterocycles. The predicted molar refractivity (Wildman–Crippen MR) is 146 cm³/mol. The summed E-state index contributed by atoms with van der Waals surface area (Å²) in [6.07, 6.45) is 0.678. The Kier molecular flexibility index (Phi) is 5.84. The number of anilines is 2. The Morgan fingerprint density at radius 1 is 0.921 bits per heavy atom. The van der Waals surface area contributed by atoms with Gasteiger partial charge in [-0.15, -0.1) is 11.3 Å².